The van der Waals surface area contributed by atoms with E-state index >= 15 is 0 Å². The fraction of sp³-hybridized carbons (Fsp3) is 0.526. The number of Topliss-reactive ketones (excluding diaryl/α,β-unsaturated/α-hetero) is 1. The predicted octanol–water partition coefficient (Wildman–Crippen LogP) is 4.00. The van der Waals surface area contributed by atoms with Gasteiger partial charge in [-0.3, -0.25) is 4.79 Å². The Morgan fingerprint density at radius 2 is 2.09 bits per heavy atom. The van der Waals surface area contributed by atoms with Gasteiger partial charge in [-0.15, -0.1) is 0 Å². The molecule has 1 aliphatic rings. The molecule has 0 radical (unpaired) electrons. The molecule has 2 rings (SSSR count). The molecule has 2 atom stereocenters. The average Bonchev–Trinajstić information content (AvgIpc) is 2.79. The quantitative estimate of drug-likeness (QED) is 0.864. The van der Waals surface area contributed by atoms with Crippen LogP contribution in [0.2, 0.25) is 0 Å². The zero-order valence-corrected chi connectivity index (χ0v) is 13.8. The SMILES string of the molecule is CCC/C(=C/C[C@@]1(C)C(=O)CC[C@H]1O)c1ccc(OC)cc1. The number of aliphatic hydroxyl groups excluding tert-OH is 1. The van der Waals surface area contributed by atoms with Gasteiger partial charge in [-0.25, -0.2) is 0 Å². The van der Waals surface area contributed by atoms with Gasteiger partial charge in [-0.05, 0) is 49.5 Å². The van der Waals surface area contributed by atoms with E-state index in [1.807, 2.05) is 19.1 Å². The molecule has 1 N–H and O–H groups in total. The maximum absolute atomic E-state index is 12.1. The van der Waals surface area contributed by atoms with Crippen LogP contribution >= 0.6 is 0 Å². The molecule has 1 aromatic rings. The van der Waals surface area contributed by atoms with Crippen LogP contribution in [0.1, 0.15) is 51.5 Å². The summed E-state index contributed by atoms with van der Waals surface area (Å²) in [6.45, 7) is 4.04. The number of ether oxygens (including phenoxy) is 1. The van der Waals surface area contributed by atoms with Gasteiger partial charge in [-0.1, -0.05) is 31.6 Å². The van der Waals surface area contributed by atoms with Crippen LogP contribution in [0.25, 0.3) is 5.57 Å². The Morgan fingerprint density at radius 1 is 1.41 bits per heavy atom. The molecule has 1 fully saturated rings. The van der Waals surface area contributed by atoms with Gasteiger partial charge in [-0.2, -0.15) is 0 Å². The predicted molar refractivity (Wildman–Crippen MR) is 88.9 cm³/mol. The summed E-state index contributed by atoms with van der Waals surface area (Å²) in [6, 6.07) is 8.01. The first-order valence-electron chi connectivity index (χ1n) is 8.06. The molecule has 3 nitrogen and oxygen atoms in total. The fourth-order valence-corrected chi connectivity index (χ4v) is 3.08. The van der Waals surface area contributed by atoms with Gasteiger partial charge in [0, 0.05) is 6.42 Å². The van der Waals surface area contributed by atoms with Crippen molar-refractivity contribution in [1.82, 2.24) is 0 Å². The van der Waals surface area contributed by atoms with E-state index in [1.54, 1.807) is 7.11 Å². The highest BCUT2D eigenvalue weighted by Gasteiger charge is 2.44. The van der Waals surface area contributed by atoms with Crippen LogP contribution in [-0.2, 0) is 4.79 Å². The summed E-state index contributed by atoms with van der Waals surface area (Å²) in [5.74, 6) is 1.02. The van der Waals surface area contributed by atoms with Gasteiger partial charge in [0.25, 0.3) is 0 Å². The van der Waals surface area contributed by atoms with E-state index in [1.165, 1.54) is 5.57 Å². The van der Waals surface area contributed by atoms with E-state index < -0.39 is 11.5 Å². The first kappa shape index (κ1) is 16.8. The van der Waals surface area contributed by atoms with Crippen LogP contribution in [0.5, 0.6) is 5.75 Å². The number of hydrogen-bond donors (Lipinski definition) is 1. The third-order valence-electron chi connectivity index (χ3n) is 4.77. The number of aliphatic hydroxyl groups is 1. The topological polar surface area (TPSA) is 46.5 Å². The molecule has 0 heterocycles. The summed E-state index contributed by atoms with van der Waals surface area (Å²) < 4.78 is 5.20. The van der Waals surface area contributed by atoms with Crippen molar-refractivity contribution in [3.05, 3.63) is 35.9 Å². The van der Waals surface area contributed by atoms with E-state index in [0.29, 0.717) is 19.3 Å². The number of rotatable bonds is 6. The highest BCUT2D eigenvalue weighted by atomic mass is 16.5. The first-order chi connectivity index (χ1) is 10.5. The van der Waals surface area contributed by atoms with Gasteiger partial charge >= 0.3 is 0 Å². The lowest BCUT2D eigenvalue weighted by atomic mass is 9.81. The van der Waals surface area contributed by atoms with Crippen LogP contribution in [0.4, 0.5) is 0 Å². The lowest BCUT2D eigenvalue weighted by molar-refractivity contribution is -0.127. The molecule has 0 bridgehead atoms. The Kier molecular flexibility index (Phi) is 5.41. The van der Waals surface area contributed by atoms with Gasteiger partial charge in [0.1, 0.15) is 11.5 Å². The summed E-state index contributed by atoms with van der Waals surface area (Å²) in [4.78, 5) is 12.1. The van der Waals surface area contributed by atoms with Gasteiger partial charge in [0.05, 0.1) is 18.6 Å². The summed E-state index contributed by atoms with van der Waals surface area (Å²) in [7, 11) is 1.66. The van der Waals surface area contributed by atoms with Crippen molar-refractivity contribution in [2.75, 3.05) is 7.11 Å². The summed E-state index contributed by atoms with van der Waals surface area (Å²) >= 11 is 0. The number of hydrogen-bond acceptors (Lipinski definition) is 3. The third kappa shape index (κ3) is 3.41. The van der Waals surface area contributed by atoms with Crippen LogP contribution in [0, 0.1) is 5.41 Å². The molecule has 0 saturated heterocycles. The second-order valence-electron chi connectivity index (χ2n) is 6.31. The minimum absolute atomic E-state index is 0.182. The van der Waals surface area contributed by atoms with Crippen molar-refractivity contribution in [3.8, 4) is 5.75 Å². The van der Waals surface area contributed by atoms with Crippen molar-refractivity contribution in [2.45, 2.75) is 52.1 Å². The maximum Gasteiger partial charge on any atom is 0.141 e. The molecule has 0 unspecified atom stereocenters. The fourth-order valence-electron chi connectivity index (χ4n) is 3.08. The lowest BCUT2D eigenvalue weighted by Gasteiger charge is -2.25. The molecular formula is C19H26O3. The lowest BCUT2D eigenvalue weighted by Crippen LogP contribution is -2.32. The van der Waals surface area contributed by atoms with E-state index in [2.05, 4.69) is 25.1 Å². The van der Waals surface area contributed by atoms with Gasteiger partial charge in [0.2, 0.25) is 0 Å². The van der Waals surface area contributed by atoms with Crippen molar-refractivity contribution in [1.29, 1.82) is 0 Å². The second kappa shape index (κ2) is 7.10. The van der Waals surface area contributed by atoms with Gasteiger partial charge < -0.3 is 9.84 Å². The summed E-state index contributed by atoms with van der Waals surface area (Å²) in [6.07, 6.45) is 5.32. The molecule has 120 valence electrons. The molecule has 0 spiro atoms. The monoisotopic (exact) mass is 302 g/mol. The molecular weight excluding hydrogens is 276 g/mol. The van der Waals surface area contributed by atoms with Crippen LogP contribution in [0.3, 0.4) is 0 Å². The standard InChI is InChI=1S/C19H26O3/c1-4-5-14(15-6-8-16(22-3)9-7-15)12-13-19(2)17(20)10-11-18(19)21/h6-9,12,17,20H,4-5,10-11,13H2,1-3H3/b14-12-/t17-,19-/m1/s1. The molecule has 0 aliphatic heterocycles. The molecule has 0 aromatic heterocycles. The van der Waals surface area contributed by atoms with Crippen LogP contribution in [0.15, 0.2) is 30.3 Å². The molecule has 1 aromatic carbocycles. The van der Waals surface area contributed by atoms with E-state index in [-0.39, 0.29) is 5.78 Å². The zero-order chi connectivity index (χ0) is 16.2. The maximum atomic E-state index is 12.1. The Hall–Kier alpha value is -1.61. The minimum Gasteiger partial charge on any atom is -0.497 e. The van der Waals surface area contributed by atoms with Crippen LogP contribution < -0.4 is 4.74 Å². The Labute approximate surface area is 133 Å². The second-order valence-corrected chi connectivity index (χ2v) is 6.31. The Morgan fingerprint density at radius 3 is 2.59 bits per heavy atom. The molecule has 0 amide bonds. The minimum atomic E-state index is -0.620. The number of ketones is 1. The van der Waals surface area contributed by atoms with Gasteiger partial charge in [0.15, 0.2) is 0 Å². The van der Waals surface area contributed by atoms with Crippen LogP contribution in [-0.4, -0.2) is 24.1 Å². The number of allylic oxidation sites excluding steroid dienone is 2. The third-order valence-corrected chi connectivity index (χ3v) is 4.77. The van der Waals surface area contributed by atoms with Crippen molar-refractivity contribution in [2.24, 2.45) is 5.41 Å². The van der Waals surface area contributed by atoms with Crippen molar-refractivity contribution < 1.29 is 14.6 Å². The Bertz CT molecular complexity index is 544. The largest absolute Gasteiger partial charge is 0.497 e. The normalized spacial score (nSPS) is 25.5. The highest BCUT2D eigenvalue weighted by molar-refractivity contribution is 5.87. The van der Waals surface area contributed by atoms with E-state index in [9.17, 15) is 9.90 Å². The molecule has 1 saturated carbocycles. The summed E-state index contributed by atoms with van der Waals surface area (Å²) in [5.41, 5.74) is 1.77. The smallest absolute Gasteiger partial charge is 0.141 e. The first-order valence-corrected chi connectivity index (χ1v) is 8.06. The number of benzene rings is 1. The number of carbonyl (C=O) groups is 1. The summed E-state index contributed by atoms with van der Waals surface area (Å²) in [5, 5.41) is 10.1. The molecule has 22 heavy (non-hydrogen) atoms. The Balaban J connectivity index is 2.21. The van der Waals surface area contributed by atoms with E-state index in [4.69, 9.17) is 4.74 Å². The zero-order valence-electron chi connectivity index (χ0n) is 13.8. The molecule has 1 aliphatic carbocycles. The highest BCUT2D eigenvalue weighted by Crippen LogP contribution is 2.39. The van der Waals surface area contributed by atoms with Crippen molar-refractivity contribution >= 4 is 11.4 Å². The number of methoxy groups -OCH3 is 1. The average molecular weight is 302 g/mol. The van der Waals surface area contributed by atoms with Crippen molar-refractivity contribution in [3.63, 3.8) is 0 Å². The molecule has 3 heteroatoms. The number of carbonyl (C=O) groups excluding carboxylic acids is 1. The van der Waals surface area contributed by atoms with E-state index in [0.717, 1.165) is 24.2 Å².